The fourth-order valence-corrected chi connectivity index (χ4v) is 7.57. The number of carbonyl (C=O) groups excluding carboxylic acids is 2. The van der Waals surface area contributed by atoms with E-state index in [9.17, 15) is 18.0 Å². The van der Waals surface area contributed by atoms with Crippen LogP contribution in [0.25, 0.3) is 10.2 Å². The van der Waals surface area contributed by atoms with E-state index in [1.807, 2.05) is 0 Å². The van der Waals surface area contributed by atoms with E-state index < -0.39 is 16.1 Å². The summed E-state index contributed by atoms with van der Waals surface area (Å²) in [6.45, 7) is 9.84. The Morgan fingerprint density at radius 3 is 2.34 bits per heavy atom. The fraction of sp³-hybridized carbons (Fsp3) is 0.464. The fourth-order valence-electron chi connectivity index (χ4n) is 5.06. The predicted octanol–water partition coefficient (Wildman–Crippen LogP) is 2.62. The quantitative estimate of drug-likeness (QED) is 0.420. The summed E-state index contributed by atoms with van der Waals surface area (Å²) in [7, 11) is -3.72. The zero-order chi connectivity index (χ0) is 29.0. The normalized spacial score (nSPS) is 17.1. The Hall–Kier alpha value is -3.26. The average Bonchev–Trinajstić information content (AvgIpc) is 3.44. The molecule has 0 bridgehead atoms. The summed E-state index contributed by atoms with van der Waals surface area (Å²) >= 11 is 1.73. The van der Waals surface area contributed by atoms with E-state index in [1.165, 1.54) is 43.7 Å². The number of benzene rings is 2. The third-order valence-electron chi connectivity index (χ3n) is 7.48. The van der Waals surface area contributed by atoms with Crippen molar-refractivity contribution in [2.24, 2.45) is 0 Å². The molecule has 220 valence electrons. The maximum absolute atomic E-state index is 13.1. The van der Waals surface area contributed by atoms with Gasteiger partial charge in [0.05, 0.1) is 21.7 Å². The first-order valence-corrected chi connectivity index (χ1v) is 16.2. The first kappa shape index (κ1) is 29.2. The lowest BCUT2D eigenvalue weighted by atomic mass is 10.2. The van der Waals surface area contributed by atoms with Gasteiger partial charge in [-0.25, -0.2) is 18.2 Å². The van der Waals surface area contributed by atoms with Crippen LogP contribution < -0.4 is 10.2 Å². The molecule has 2 saturated heterocycles. The second-order valence-corrected chi connectivity index (χ2v) is 13.1. The van der Waals surface area contributed by atoms with E-state index in [0.29, 0.717) is 12.1 Å². The highest BCUT2D eigenvalue weighted by molar-refractivity contribution is 7.89. The third kappa shape index (κ3) is 6.64. The van der Waals surface area contributed by atoms with Gasteiger partial charge >= 0.3 is 6.09 Å². The molecular formula is C28H36N6O5S2. The summed E-state index contributed by atoms with van der Waals surface area (Å²) in [5.74, 6) is -0.236. The minimum Gasteiger partial charge on any atom is -0.450 e. The Morgan fingerprint density at radius 2 is 1.68 bits per heavy atom. The van der Waals surface area contributed by atoms with Gasteiger partial charge in [0, 0.05) is 71.0 Å². The molecule has 1 N–H and O–H groups in total. The van der Waals surface area contributed by atoms with Gasteiger partial charge < -0.3 is 19.9 Å². The number of rotatable bonds is 8. The first-order valence-electron chi connectivity index (χ1n) is 13.9. The molecule has 2 aromatic carbocycles. The van der Waals surface area contributed by atoms with Crippen LogP contribution in [0.1, 0.15) is 22.8 Å². The summed E-state index contributed by atoms with van der Waals surface area (Å²) in [6, 6.07) is 12.3. The van der Waals surface area contributed by atoms with Crippen LogP contribution in [-0.2, 0) is 14.8 Å². The zero-order valence-electron chi connectivity index (χ0n) is 23.4. The van der Waals surface area contributed by atoms with Crippen molar-refractivity contribution in [2.45, 2.75) is 18.7 Å². The second kappa shape index (κ2) is 12.7. The van der Waals surface area contributed by atoms with Crippen molar-refractivity contribution in [2.75, 3.05) is 77.0 Å². The minimum absolute atomic E-state index is 0.125. The number of para-hydroxylation sites is 1. The van der Waals surface area contributed by atoms with E-state index in [4.69, 9.17) is 9.72 Å². The number of fused-ring (bicyclic) bond motifs is 1. The number of nitrogens with one attached hydrogen (secondary N) is 1. The summed E-state index contributed by atoms with van der Waals surface area (Å²) < 4.78 is 33.7. The standard InChI is InChI=1S/C28H36N6O5S2/c1-3-39-28(36)33-17-19-34(20-18-33)41(37,38)23-9-7-22(8-10-23)26(35)29-11-12-31-13-15-32(16-14-31)27-30-25-21(2)5-4-6-24(25)40-27/h4-10H,3,11-20H2,1-2H3,(H,29,35). The number of amides is 2. The molecule has 0 spiro atoms. The van der Waals surface area contributed by atoms with Crippen molar-refractivity contribution in [3.8, 4) is 0 Å². The topological polar surface area (TPSA) is 115 Å². The van der Waals surface area contributed by atoms with Crippen LogP contribution in [0.3, 0.4) is 0 Å². The van der Waals surface area contributed by atoms with E-state index in [2.05, 4.69) is 40.2 Å². The molecule has 0 saturated carbocycles. The van der Waals surface area contributed by atoms with Crippen LogP contribution in [-0.4, -0.2) is 112 Å². The molecule has 5 rings (SSSR count). The molecule has 2 aliphatic heterocycles. The highest BCUT2D eigenvalue weighted by Crippen LogP contribution is 2.31. The Labute approximate surface area is 244 Å². The SMILES string of the molecule is CCOC(=O)N1CCN(S(=O)(=O)c2ccc(C(=O)NCCN3CCN(c4nc5c(C)cccc5s4)CC3)cc2)CC1. The summed E-state index contributed by atoms with van der Waals surface area (Å²) in [5, 5.41) is 4.01. The number of hydrogen-bond donors (Lipinski definition) is 1. The number of thiazole rings is 1. The van der Waals surface area contributed by atoms with Gasteiger partial charge in [-0.1, -0.05) is 23.5 Å². The number of nitrogens with zero attached hydrogens (tertiary/aromatic N) is 5. The number of carbonyl (C=O) groups is 2. The van der Waals surface area contributed by atoms with Crippen LogP contribution in [0.2, 0.25) is 0 Å². The van der Waals surface area contributed by atoms with Crippen LogP contribution in [0.15, 0.2) is 47.4 Å². The van der Waals surface area contributed by atoms with Crippen molar-refractivity contribution >= 4 is 48.7 Å². The molecule has 0 aliphatic carbocycles. The highest BCUT2D eigenvalue weighted by atomic mass is 32.2. The molecule has 2 aliphatic rings. The molecule has 41 heavy (non-hydrogen) atoms. The Kier molecular flexibility index (Phi) is 9.07. The van der Waals surface area contributed by atoms with Gasteiger partial charge in [-0.3, -0.25) is 9.69 Å². The Bertz CT molecular complexity index is 1480. The molecule has 3 aromatic rings. The Morgan fingerprint density at radius 1 is 0.976 bits per heavy atom. The van der Waals surface area contributed by atoms with E-state index in [1.54, 1.807) is 18.3 Å². The maximum atomic E-state index is 13.1. The molecule has 0 unspecified atom stereocenters. The van der Waals surface area contributed by atoms with Crippen LogP contribution >= 0.6 is 11.3 Å². The van der Waals surface area contributed by atoms with Crippen molar-refractivity contribution < 1.29 is 22.7 Å². The van der Waals surface area contributed by atoms with Crippen LogP contribution in [0.5, 0.6) is 0 Å². The molecule has 0 radical (unpaired) electrons. The lowest BCUT2D eigenvalue weighted by molar-refractivity contribution is 0.0932. The monoisotopic (exact) mass is 600 g/mol. The van der Waals surface area contributed by atoms with Gasteiger partial charge in [0.1, 0.15) is 0 Å². The van der Waals surface area contributed by atoms with Gasteiger partial charge in [-0.15, -0.1) is 0 Å². The number of sulfonamides is 1. The van der Waals surface area contributed by atoms with Gasteiger partial charge in [0.15, 0.2) is 5.13 Å². The van der Waals surface area contributed by atoms with Crippen molar-refractivity contribution in [3.05, 3.63) is 53.6 Å². The molecular weight excluding hydrogens is 564 g/mol. The van der Waals surface area contributed by atoms with Crippen LogP contribution in [0.4, 0.5) is 9.93 Å². The summed E-state index contributed by atoms with van der Waals surface area (Å²) in [5.41, 5.74) is 2.69. The number of aromatic nitrogens is 1. The van der Waals surface area contributed by atoms with Crippen molar-refractivity contribution in [3.63, 3.8) is 0 Å². The molecule has 1 aromatic heterocycles. The average molecular weight is 601 g/mol. The highest BCUT2D eigenvalue weighted by Gasteiger charge is 2.30. The van der Waals surface area contributed by atoms with Gasteiger partial charge in [0.25, 0.3) is 5.91 Å². The van der Waals surface area contributed by atoms with Crippen molar-refractivity contribution in [1.82, 2.24) is 24.4 Å². The number of piperazine rings is 2. The summed E-state index contributed by atoms with van der Waals surface area (Å²) in [4.78, 5) is 35.7. The third-order valence-corrected chi connectivity index (χ3v) is 10.5. The van der Waals surface area contributed by atoms with Gasteiger partial charge in [-0.2, -0.15) is 4.31 Å². The number of ether oxygens (including phenoxy) is 1. The zero-order valence-corrected chi connectivity index (χ0v) is 25.0. The minimum atomic E-state index is -3.72. The van der Waals surface area contributed by atoms with Crippen molar-refractivity contribution in [1.29, 1.82) is 0 Å². The molecule has 2 amide bonds. The molecule has 11 nitrogen and oxygen atoms in total. The molecule has 3 heterocycles. The Balaban J connectivity index is 1.06. The molecule has 0 atom stereocenters. The predicted molar refractivity (Wildman–Crippen MR) is 159 cm³/mol. The lowest BCUT2D eigenvalue weighted by Crippen LogP contribution is -2.50. The number of aryl methyl sites for hydroxylation is 1. The van der Waals surface area contributed by atoms with Gasteiger partial charge in [0.2, 0.25) is 10.0 Å². The maximum Gasteiger partial charge on any atom is 0.409 e. The van der Waals surface area contributed by atoms with Gasteiger partial charge in [-0.05, 0) is 49.7 Å². The first-order chi connectivity index (χ1) is 19.8. The number of hydrogen-bond acceptors (Lipinski definition) is 9. The smallest absolute Gasteiger partial charge is 0.409 e. The van der Waals surface area contributed by atoms with Crippen LogP contribution in [0, 0.1) is 6.92 Å². The molecule has 13 heteroatoms. The lowest BCUT2D eigenvalue weighted by Gasteiger charge is -2.34. The van der Waals surface area contributed by atoms with E-state index >= 15 is 0 Å². The van der Waals surface area contributed by atoms with E-state index in [0.717, 1.165) is 43.4 Å². The number of anilines is 1. The largest absolute Gasteiger partial charge is 0.450 e. The summed E-state index contributed by atoms with van der Waals surface area (Å²) in [6.07, 6.45) is -0.429. The second-order valence-electron chi connectivity index (χ2n) is 10.1. The van der Waals surface area contributed by atoms with E-state index in [-0.39, 0.29) is 43.6 Å². The molecule has 2 fully saturated rings.